The molecule has 0 aromatic heterocycles. The fraction of sp³-hybridized carbons (Fsp3) is 0.600. The largest absolute Gasteiger partial charge is 0.508 e. The van der Waals surface area contributed by atoms with Crippen LogP contribution < -0.4 is 0 Å². The second-order valence-electron chi connectivity index (χ2n) is 5.11. The molecule has 1 aromatic carbocycles. The van der Waals surface area contributed by atoms with Gasteiger partial charge in [-0.3, -0.25) is 0 Å². The number of hydrogen-bond donors (Lipinski definition) is 2. The van der Waals surface area contributed by atoms with E-state index < -0.39 is 0 Å². The third-order valence-electron chi connectivity index (χ3n) is 3.11. The summed E-state index contributed by atoms with van der Waals surface area (Å²) >= 11 is 0. The molecule has 0 unspecified atom stereocenters. The van der Waals surface area contributed by atoms with Crippen molar-refractivity contribution in [3.05, 3.63) is 23.3 Å². The van der Waals surface area contributed by atoms with E-state index >= 15 is 0 Å². The van der Waals surface area contributed by atoms with Crippen LogP contribution in [0.1, 0.15) is 51.2 Å². The van der Waals surface area contributed by atoms with Crippen molar-refractivity contribution in [1.82, 2.24) is 0 Å². The van der Waals surface area contributed by atoms with Crippen LogP contribution in [0, 0.1) is 5.92 Å². The minimum Gasteiger partial charge on any atom is -0.508 e. The van der Waals surface area contributed by atoms with Gasteiger partial charge in [0.1, 0.15) is 11.5 Å². The Kier molecular flexibility index (Phi) is 5.33. The number of hydrogen-bond acceptors (Lipinski definition) is 2. The molecule has 2 heteroatoms. The topological polar surface area (TPSA) is 40.5 Å². The number of rotatable bonds is 6. The van der Waals surface area contributed by atoms with Crippen LogP contribution in [0.4, 0.5) is 0 Å². The van der Waals surface area contributed by atoms with Crippen molar-refractivity contribution < 1.29 is 10.2 Å². The lowest BCUT2D eigenvalue weighted by Crippen LogP contribution is -1.96. The van der Waals surface area contributed by atoms with Gasteiger partial charge in [-0.2, -0.15) is 0 Å². The zero-order chi connectivity index (χ0) is 12.8. The molecule has 0 saturated heterocycles. The van der Waals surface area contributed by atoms with E-state index in [2.05, 4.69) is 20.8 Å². The Balaban J connectivity index is 2.85. The second kappa shape index (κ2) is 6.53. The number of phenolic OH excluding ortho intramolecular Hbond substituents is 2. The van der Waals surface area contributed by atoms with Crippen LogP contribution in [0.5, 0.6) is 11.5 Å². The molecule has 1 aromatic rings. The summed E-state index contributed by atoms with van der Waals surface area (Å²) in [5.74, 6) is 1.16. The van der Waals surface area contributed by atoms with Gasteiger partial charge in [0.05, 0.1) is 0 Å². The lowest BCUT2D eigenvalue weighted by molar-refractivity contribution is 0.430. The fourth-order valence-electron chi connectivity index (χ4n) is 1.92. The van der Waals surface area contributed by atoms with E-state index in [0.29, 0.717) is 17.2 Å². The summed E-state index contributed by atoms with van der Waals surface area (Å²) in [6, 6.07) is 3.54. The first-order chi connectivity index (χ1) is 8.06. The molecule has 1 rings (SSSR count). The fourth-order valence-corrected chi connectivity index (χ4v) is 1.92. The lowest BCUT2D eigenvalue weighted by atomic mass is 9.97. The normalized spacial score (nSPS) is 11.1. The maximum absolute atomic E-state index is 10.1. The summed E-state index contributed by atoms with van der Waals surface area (Å²) in [6.07, 6.45) is 4.75. The van der Waals surface area contributed by atoms with Crippen molar-refractivity contribution in [3.8, 4) is 11.5 Å². The average Bonchev–Trinajstić information content (AvgIpc) is 2.27. The van der Waals surface area contributed by atoms with Gasteiger partial charge in [-0.05, 0) is 43.2 Å². The van der Waals surface area contributed by atoms with Crippen LogP contribution >= 0.6 is 0 Å². The Morgan fingerprint density at radius 3 is 2.41 bits per heavy atom. The lowest BCUT2D eigenvalue weighted by Gasteiger charge is -2.12. The van der Waals surface area contributed by atoms with Crippen LogP contribution in [-0.4, -0.2) is 10.2 Å². The first kappa shape index (κ1) is 13.9. The SMILES string of the molecule is CCCCc1c(O)ccc(CCC(C)C)c1O. The molecular weight excluding hydrogens is 212 g/mol. The van der Waals surface area contributed by atoms with E-state index in [1.165, 1.54) is 0 Å². The molecule has 0 fully saturated rings. The van der Waals surface area contributed by atoms with E-state index in [-0.39, 0.29) is 5.75 Å². The van der Waals surface area contributed by atoms with Gasteiger partial charge in [0.25, 0.3) is 0 Å². The number of unbranched alkanes of at least 4 members (excludes halogenated alkanes) is 1. The summed E-state index contributed by atoms with van der Waals surface area (Å²) < 4.78 is 0. The van der Waals surface area contributed by atoms with Gasteiger partial charge in [0, 0.05) is 5.56 Å². The van der Waals surface area contributed by atoms with Crippen LogP contribution in [-0.2, 0) is 12.8 Å². The second-order valence-corrected chi connectivity index (χ2v) is 5.11. The zero-order valence-electron chi connectivity index (χ0n) is 11.2. The molecular formula is C15H24O2. The smallest absolute Gasteiger partial charge is 0.125 e. The summed E-state index contributed by atoms with van der Waals surface area (Å²) in [5.41, 5.74) is 1.68. The van der Waals surface area contributed by atoms with Gasteiger partial charge in [-0.25, -0.2) is 0 Å². The first-order valence-corrected chi connectivity index (χ1v) is 6.59. The standard InChI is InChI=1S/C15H24O2/c1-4-5-6-13-14(16)10-9-12(15(13)17)8-7-11(2)3/h9-11,16-17H,4-8H2,1-3H3. The number of aryl methyl sites for hydroxylation is 1. The van der Waals surface area contributed by atoms with Crippen LogP contribution in [0.3, 0.4) is 0 Å². The van der Waals surface area contributed by atoms with Crippen molar-refractivity contribution >= 4 is 0 Å². The molecule has 0 saturated carbocycles. The molecule has 0 bridgehead atoms. The summed E-state index contributed by atoms with van der Waals surface area (Å²) in [5, 5.41) is 19.9. The maximum atomic E-state index is 10.1. The number of benzene rings is 1. The quantitative estimate of drug-likeness (QED) is 0.783. The molecule has 2 N–H and O–H groups in total. The molecule has 0 amide bonds. The monoisotopic (exact) mass is 236 g/mol. The molecule has 0 radical (unpaired) electrons. The van der Waals surface area contributed by atoms with E-state index in [4.69, 9.17) is 0 Å². The van der Waals surface area contributed by atoms with Gasteiger partial charge < -0.3 is 10.2 Å². The van der Waals surface area contributed by atoms with Crippen molar-refractivity contribution in [2.24, 2.45) is 5.92 Å². The van der Waals surface area contributed by atoms with Gasteiger partial charge in [0.2, 0.25) is 0 Å². The summed E-state index contributed by atoms with van der Waals surface area (Å²) in [7, 11) is 0. The van der Waals surface area contributed by atoms with Gasteiger partial charge >= 0.3 is 0 Å². The number of aromatic hydroxyl groups is 2. The van der Waals surface area contributed by atoms with Crippen LogP contribution in [0.25, 0.3) is 0 Å². The Bertz CT molecular complexity index is 356. The minimum atomic E-state index is 0.226. The predicted molar refractivity (Wildman–Crippen MR) is 71.5 cm³/mol. The highest BCUT2D eigenvalue weighted by Gasteiger charge is 2.12. The van der Waals surface area contributed by atoms with Crippen molar-refractivity contribution in [1.29, 1.82) is 0 Å². The summed E-state index contributed by atoms with van der Waals surface area (Å²) in [6.45, 7) is 6.46. The summed E-state index contributed by atoms with van der Waals surface area (Å²) in [4.78, 5) is 0. The van der Waals surface area contributed by atoms with Gasteiger partial charge in [-0.1, -0.05) is 33.3 Å². The van der Waals surface area contributed by atoms with E-state index in [1.807, 2.05) is 6.07 Å². The molecule has 17 heavy (non-hydrogen) atoms. The molecule has 0 aliphatic rings. The molecule has 96 valence electrons. The zero-order valence-corrected chi connectivity index (χ0v) is 11.2. The third kappa shape index (κ3) is 3.95. The van der Waals surface area contributed by atoms with E-state index in [0.717, 1.165) is 37.7 Å². The average molecular weight is 236 g/mol. The molecule has 0 aliphatic carbocycles. The van der Waals surface area contributed by atoms with Gasteiger partial charge in [0.15, 0.2) is 0 Å². The first-order valence-electron chi connectivity index (χ1n) is 6.59. The molecule has 0 heterocycles. The number of phenols is 2. The maximum Gasteiger partial charge on any atom is 0.125 e. The Labute approximate surface area is 104 Å². The van der Waals surface area contributed by atoms with Crippen LogP contribution in [0.2, 0.25) is 0 Å². The molecule has 2 nitrogen and oxygen atoms in total. The highest BCUT2D eigenvalue weighted by Crippen LogP contribution is 2.33. The minimum absolute atomic E-state index is 0.226. The van der Waals surface area contributed by atoms with Crippen molar-refractivity contribution in [2.45, 2.75) is 52.9 Å². The van der Waals surface area contributed by atoms with Gasteiger partial charge in [-0.15, -0.1) is 0 Å². The molecule has 0 atom stereocenters. The van der Waals surface area contributed by atoms with E-state index in [9.17, 15) is 10.2 Å². The van der Waals surface area contributed by atoms with Crippen molar-refractivity contribution in [3.63, 3.8) is 0 Å². The molecule has 0 aliphatic heterocycles. The highest BCUT2D eigenvalue weighted by molar-refractivity contribution is 5.48. The highest BCUT2D eigenvalue weighted by atomic mass is 16.3. The molecule has 0 spiro atoms. The predicted octanol–water partition coefficient (Wildman–Crippen LogP) is 4.03. The Morgan fingerprint density at radius 1 is 1.12 bits per heavy atom. The Morgan fingerprint density at radius 2 is 1.82 bits per heavy atom. The van der Waals surface area contributed by atoms with E-state index in [1.54, 1.807) is 6.07 Å². The van der Waals surface area contributed by atoms with Crippen molar-refractivity contribution in [2.75, 3.05) is 0 Å². The van der Waals surface area contributed by atoms with Crippen LogP contribution in [0.15, 0.2) is 12.1 Å². The Hall–Kier alpha value is -1.18. The third-order valence-corrected chi connectivity index (χ3v) is 3.11.